The Morgan fingerprint density at radius 3 is 2.73 bits per heavy atom. The zero-order chi connectivity index (χ0) is 21.5. The van der Waals surface area contributed by atoms with Crippen LogP contribution in [0, 0.1) is 5.92 Å². The average Bonchev–Trinajstić information content (AvgIpc) is 2.95. The molecule has 30 heavy (non-hydrogen) atoms. The minimum absolute atomic E-state index is 0.00517. The van der Waals surface area contributed by atoms with Gasteiger partial charge in [-0.1, -0.05) is 31.2 Å². The van der Waals surface area contributed by atoms with E-state index in [1.54, 1.807) is 61.4 Å². The molecule has 156 valence electrons. The van der Waals surface area contributed by atoms with Crippen LogP contribution in [0.5, 0.6) is 5.75 Å². The van der Waals surface area contributed by atoms with Gasteiger partial charge in [0, 0.05) is 30.8 Å². The van der Waals surface area contributed by atoms with Crippen LogP contribution < -0.4 is 14.5 Å². The minimum atomic E-state index is -1.76. The molecule has 0 radical (unpaired) electrons. The number of rotatable bonds is 5. The molecule has 2 atom stereocenters. The van der Waals surface area contributed by atoms with Crippen molar-refractivity contribution in [2.24, 2.45) is 5.92 Å². The van der Waals surface area contributed by atoms with Gasteiger partial charge in [0.2, 0.25) is 0 Å². The Bertz CT molecular complexity index is 1030. The highest BCUT2D eigenvalue weighted by Gasteiger charge is 2.51. The van der Waals surface area contributed by atoms with E-state index in [9.17, 15) is 14.7 Å². The first-order chi connectivity index (χ1) is 14.4. The summed E-state index contributed by atoms with van der Waals surface area (Å²) >= 11 is 0. The van der Waals surface area contributed by atoms with Crippen LogP contribution in [0.15, 0.2) is 54.6 Å². The Kier molecular flexibility index (Phi) is 5.09. The molecule has 0 spiro atoms. The number of aliphatic hydroxyl groups is 2. The molecule has 2 aromatic rings. The van der Waals surface area contributed by atoms with Crippen LogP contribution >= 0.6 is 0 Å². The fourth-order valence-corrected chi connectivity index (χ4v) is 4.08. The Labute approximate surface area is 174 Å². The Morgan fingerprint density at radius 1 is 1.20 bits per heavy atom. The molecule has 2 N–H and O–H groups in total. The first-order valence-corrected chi connectivity index (χ1v) is 9.87. The smallest absolute Gasteiger partial charge is 0.269 e. The normalized spacial score (nSPS) is 21.6. The molecule has 4 rings (SSSR count). The van der Waals surface area contributed by atoms with E-state index in [4.69, 9.17) is 9.84 Å². The molecule has 2 heterocycles. The number of fused-ring (bicyclic) bond motifs is 2. The van der Waals surface area contributed by atoms with Crippen LogP contribution in [0.4, 0.5) is 17.1 Å². The SMILES string of the molecule is C[C@H](/C=C/CCO)[C@@]1(O)C(=O)N(C)c2ccc(N3C(=O)COc4ccccc43)cc21. The van der Waals surface area contributed by atoms with Crippen molar-refractivity contribution in [2.45, 2.75) is 18.9 Å². The van der Waals surface area contributed by atoms with E-state index in [1.165, 1.54) is 4.90 Å². The van der Waals surface area contributed by atoms with E-state index >= 15 is 0 Å². The van der Waals surface area contributed by atoms with Crippen molar-refractivity contribution in [3.05, 3.63) is 60.2 Å². The van der Waals surface area contributed by atoms with E-state index in [2.05, 4.69) is 0 Å². The second-order valence-corrected chi connectivity index (χ2v) is 7.55. The van der Waals surface area contributed by atoms with Gasteiger partial charge >= 0.3 is 0 Å². The number of benzene rings is 2. The van der Waals surface area contributed by atoms with E-state index in [0.717, 1.165) is 0 Å². The molecular weight excluding hydrogens is 384 g/mol. The number of nitrogens with zero attached hydrogens (tertiary/aromatic N) is 2. The average molecular weight is 408 g/mol. The van der Waals surface area contributed by atoms with Crippen molar-refractivity contribution in [1.82, 2.24) is 0 Å². The number of aliphatic hydroxyl groups excluding tert-OH is 1. The monoisotopic (exact) mass is 408 g/mol. The first-order valence-electron chi connectivity index (χ1n) is 9.87. The molecule has 0 saturated heterocycles. The number of likely N-dealkylation sites (N-methyl/N-ethyl adjacent to an activating group) is 1. The quantitative estimate of drug-likeness (QED) is 0.742. The van der Waals surface area contributed by atoms with E-state index in [0.29, 0.717) is 34.8 Å². The minimum Gasteiger partial charge on any atom is -0.482 e. The summed E-state index contributed by atoms with van der Waals surface area (Å²) in [5.74, 6) is -0.584. The fourth-order valence-electron chi connectivity index (χ4n) is 4.08. The van der Waals surface area contributed by atoms with Crippen molar-refractivity contribution in [3.63, 3.8) is 0 Å². The largest absolute Gasteiger partial charge is 0.482 e. The predicted octanol–water partition coefficient (Wildman–Crippen LogP) is 2.48. The molecule has 2 aliphatic rings. The highest BCUT2D eigenvalue weighted by atomic mass is 16.5. The van der Waals surface area contributed by atoms with Crippen LogP contribution in [0.2, 0.25) is 0 Å². The summed E-state index contributed by atoms with van der Waals surface area (Å²) in [6.45, 7) is 1.67. The fraction of sp³-hybridized carbons (Fsp3) is 0.304. The van der Waals surface area contributed by atoms with Crippen LogP contribution in [0.3, 0.4) is 0 Å². The van der Waals surface area contributed by atoms with Crippen molar-refractivity contribution in [2.75, 3.05) is 30.1 Å². The molecule has 0 saturated carbocycles. The van der Waals surface area contributed by atoms with Gasteiger partial charge in [-0.05, 0) is 36.8 Å². The lowest BCUT2D eigenvalue weighted by molar-refractivity contribution is -0.139. The van der Waals surface area contributed by atoms with E-state index < -0.39 is 17.4 Å². The van der Waals surface area contributed by atoms with Gasteiger partial charge in [0.15, 0.2) is 12.2 Å². The van der Waals surface area contributed by atoms with Gasteiger partial charge in [-0.15, -0.1) is 0 Å². The summed E-state index contributed by atoms with van der Waals surface area (Å²) in [5.41, 5.74) is 0.461. The molecule has 7 nitrogen and oxygen atoms in total. The summed E-state index contributed by atoms with van der Waals surface area (Å²) in [5, 5.41) is 20.5. The topological polar surface area (TPSA) is 90.3 Å². The van der Waals surface area contributed by atoms with E-state index in [-0.39, 0.29) is 19.1 Å². The van der Waals surface area contributed by atoms with Crippen LogP contribution in [0.25, 0.3) is 0 Å². The number of hydrogen-bond acceptors (Lipinski definition) is 5. The number of hydrogen-bond donors (Lipinski definition) is 2. The third-order valence-electron chi connectivity index (χ3n) is 5.73. The molecular formula is C23H24N2O5. The Morgan fingerprint density at radius 2 is 1.97 bits per heavy atom. The number of ether oxygens (including phenoxy) is 1. The summed E-state index contributed by atoms with van der Waals surface area (Å²) in [6, 6.07) is 12.5. The molecule has 2 aliphatic heterocycles. The molecule has 0 fully saturated rings. The van der Waals surface area contributed by atoms with E-state index in [1.807, 2.05) is 12.1 Å². The molecule has 0 unspecified atom stereocenters. The van der Waals surface area contributed by atoms with Gasteiger partial charge in [-0.3, -0.25) is 14.5 Å². The molecule has 2 aromatic carbocycles. The Balaban J connectivity index is 1.81. The second kappa shape index (κ2) is 7.59. The highest BCUT2D eigenvalue weighted by Crippen LogP contribution is 2.47. The van der Waals surface area contributed by atoms with Crippen molar-refractivity contribution < 1.29 is 24.5 Å². The third kappa shape index (κ3) is 2.98. The summed E-state index contributed by atoms with van der Waals surface area (Å²) in [7, 11) is 1.62. The predicted molar refractivity (Wildman–Crippen MR) is 113 cm³/mol. The zero-order valence-electron chi connectivity index (χ0n) is 16.9. The molecule has 7 heteroatoms. The molecule has 0 aliphatic carbocycles. The standard InChI is InChI=1S/C23H24N2O5/c1-15(7-5-6-12-26)23(29)17-13-16(10-11-18(17)24(2)22(23)28)25-19-8-3-4-9-20(19)30-14-21(25)27/h3-5,7-11,13,15,26,29H,6,12,14H2,1-2H3/b7-5+/t15-,23+/m1/s1. The lowest BCUT2D eigenvalue weighted by Crippen LogP contribution is -2.43. The van der Waals surface area contributed by atoms with Gasteiger partial charge in [0.1, 0.15) is 5.75 Å². The third-order valence-corrected chi connectivity index (χ3v) is 5.73. The lowest BCUT2D eigenvalue weighted by Gasteiger charge is -2.31. The first kappa shape index (κ1) is 20.1. The number of carbonyl (C=O) groups excluding carboxylic acids is 2. The Hall–Kier alpha value is -3.16. The molecule has 2 amide bonds. The summed E-state index contributed by atoms with van der Waals surface area (Å²) in [6.07, 6.45) is 3.93. The summed E-state index contributed by atoms with van der Waals surface area (Å²) in [4.78, 5) is 28.7. The number of para-hydroxylation sites is 2. The maximum absolute atomic E-state index is 13.0. The van der Waals surface area contributed by atoms with Crippen molar-refractivity contribution >= 4 is 28.9 Å². The van der Waals surface area contributed by atoms with Gasteiger partial charge in [0.25, 0.3) is 11.8 Å². The molecule has 0 bridgehead atoms. The maximum atomic E-state index is 13.0. The van der Waals surface area contributed by atoms with Gasteiger partial charge in [0.05, 0.1) is 11.4 Å². The van der Waals surface area contributed by atoms with Crippen LogP contribution in [-0.4, -0.2) is 42.3 Å². The maximum Gasteiger partial charge on any atom is 0.269 e. The molecule has 0 aromatic heterocycles. The number of amides is 2. The van der Waals surface area contributed by atoms with Gasteiger partial charge in [-0.25, -0.2) is 0 Å². The van der Waals surface area contributed by atoms with Crippen LogP contribution in [0.1, 0.15) is 18.9 Å². The lowest BCUT2D eigenvalue weighted by atomic mass is 9.82. The van der Waals surface area contributed by atoms with Crippen molar-refractivity contribution in [1.29, 1.82) is 0 Å². The van der Waals surface area contributed by atoms with Crippen molar-refractivity contribution in [3.8, 4) is 5.75 Å². The van der Waals surface area contributed by atoms with Gasteiger partial charge < -0.3 is 19.8 Å². The van der Waals surface area contributed by atoms with Gasteiger partial charge in [-0.2, -0.15) is 0 Å². The second-order valence-electron chi connectivity index (χ2n) is 7.55. The zero-order valence-corrected chi connectivity index (χ0v) is 16.9. The number of anilines is 3. The summed E-state index contributed by atoms with van der Waals surface area (Å²) < 4.78 is 5.52. The van der Waals surface area contributed by atoms with Crippen LogP contribution in [-0.2, 0) is 15.2 Å². The highest BCUT2D eigenvalue weighted by molar-refractivity contribution is 6.09. The number of carbonyl (C=O) groups is 2.